The van der Waals surface area contributed by atoms with E-state index in [-0.39, 0.29) is 0 Å². The van der Waals surface area contributed by atoms with E-state index in [1.807, 2.05) is 0 Å². The third-order valence-electron chi connectivity index (χ3n) is 3.74. The van der Waals surface area contributed by atoms with Crippen LogP contribution in [0, 0.1) is 0 Å². The van der Waals surface area contributed by atoms with Crippen molar-refractivity contribution in [2.45, 2.75) is 25.7 Å². The van der Waals surface area contributed by atoms with Crippen molar-refractivity contribution in [2.24, 2.45) is 0 Å². The molecule has 0 aliphatic rings. The number of likely N-dealkylation sites (N-methyl/N-ethyl adjacent to an activating group) is 1. The van der Waals surface area contributed by atoms with Crippen LogP contribution in [-0.4, -0.2) is 29.6 Å². The van der Waals surface area contributed by atoms with E-state index in [0.29, 0.717) is 28.6 Å². The average molecular weight is 382 g/mol. The predicted octanol–water partition coefficient (Wildman–Crippen LogP) is 2.46. The molecule has 0 spiro atoms. The molecule has 27 heavy (non-hydrogen) atoms. The van der Waals surface area contributed by atoms with Gasteiger partial charge in [-0.15, -0.1) is 0 Å². The van der Waals surface area contributed by atoms with Crippen LogP contribution in [0.3, 0.4) is 0 Å². The first-order valence-corrected chi connectivity index (χ1v) is 7.89. The Bertz CT molecular complexity index is 878. The number of para-hydroxylation sites is 1. The summed E-state index contributed by atoms with van der Waals surface area (Å²) >= 11 is 0. The van der Waals surface area contributed by atoms with Crippen molar-refractivity contribution in [3.05, 3.63) is 64.6 Å². The molecule has 0 aliphatic heterocycles. The van der Waals surface area contributed by atoms with E-state index in [0.717, 1.165) is 0 Å². The van der Waals surface area contributed by atoms with Crippen molar-refractivity contribution in [1.82, 2.24) is 4.57 Å². The minimum atomic E-state index is -4.65. The van der Waals surface area contributed by atoms with Gasteiger partial charge in [0.15, 0.2) is 6.10 Å². The molecule has 0 N–H and O–H groups in total. The number of hydrogen-bond donors (Lipinski definition) is 0. The van der Waals surface area contributed by atoms with Crippen molar-refractivity contribution in [2.75, 3.05) is 11.9 Å². The third-order valence-corrected chi connectivity index (χ3v) is 3.74. The number of halogens is 3. The summed E-state index contributed by atoms with van der Waals surface area (Å²) in [6, 6.07) is 9.96. The lowest BCUT2D eigenvalue weighted by atomic mass is 10.2. The number of carbonyl (C=O) groups is 2. The largest absolute Gasteiger partial charge is 0.451 e. The fourth-order valence-corrected chi connectivity index (χ4v) is 2.30. The second-order valence-corrected chi connectivity index (χ2v) is 5.75. The zero-order valence-electron chi connectivity index (χ0n) is 14.6. The molecule has 0 aliphatic carbocycles. The predicted molar refractivity (Wildman–Crippen MR) is 91.1 cm³/mol. The molecule has 0 fully saturated rings. The van der Waals surface area contributed by atoms with E-state index in [1.165, 1.54) is 18.9 Å². The number of anilines is 1. The first-order valence-electron chi connectivity index (χ1n) is 7.89. The Balaban J connectivity index is 2.05. The van der Waals surface area contributed by atoms with Gasteiger partial charge in [-0.3, -0.25) is 14.4 Å². The second-order valence-electron chi connectivity index (χ2n) is 5.75. The van der Waals surface area contributed by atoms with Crippen LogP contribution in [0.25, 0.3) is 0 Å². The lowest BCUT2D eigenvalue weighted by Gasteiger charge is -2.21. The smallest absolute Gasteiger partial charge is 0.417 e. The summed E-state index contributed by atoms with van der Waals surface area (Å²) in [5.74, 6) is -1.52. The lowest BCUT2D eigenvalue weighted by Crippen LogP contribution is -2.38. The van der Waals surface area contributed by atoms with Gasteiger partial charge in [0.1, 0.15) is 6.54 Å². The number of carbonyl (C=O) groups excluding carboxylic acids is 2. The number of rotatable bonds is 5. The van der Waals surface area contributed by atoms with Crippen molar-refractivity contribution in [3.63, 3.8) is 0 Å². The number of pyridine rings is 1. The molecule has 144 valence electrons. The highest BCUT2D eigenvalue weighted by Gasteiger charge is 2.31. The van der Waals surface area contributed by atoms with Crippen LogP contribution >= 0.6 is 0 Å². The Hall–Kier alpha value is -3.10. The van der Waals surface area contributed by atoms with Gasteiger partial charge in [-0.05, 0) is 25.1 Å². The van der Waals surface area contributed by atoms with Crippen LogP contribution in [0.2, 0.25) is 0 Å². The number of ether oxygens (including phenoxy) is 1. The SMILES string of the molecule is C[C@H](OC(=O)Cn1cc(C(F)(F)F)ccc1=O)C(=O)N(C)c1ccccc1. The summed E-state index contributed by atoms with van der Waals surface area (Å²) in [5, 5.41) is 0. The fraction of sp³-hybridized carbons (Fsp3) is 0.278. The summed E-state index contributed by atoms with van der Waals surface area (Å²) in [6.07, 6.45) is -5.29. The van der Waals surface area contributed by atoms with Crippen molar-refractivity contribution in [3.8, 4) is 0 Å². The molecular weight excluding hydrogens is 365 g/mol. The standard InChI is InChI=1S/C18H17F3N2O4/c1-12(17(26)22(2)14-6-4-3-5-7-14)27-16(25)11-23-10-13(18(19,20)21)8-9-15(23)24/h3-10,12H,11H2,1-2H3/t12-/m0/s1. The van der Waals surface area contributed by atoms with E-state index < -0.39 is 41.8 Å². The molecule has 0 bridgehead atoms. The van der Waals surface area contributed by atoms with E-state index in [9.17, 15) is 27.6 Å². The van der Waals surface area contributed by atoms with Gasteiger partial charge in [0.05, 0.1) is 5.56 Å². The minimum absolute atomic E-state index is 0.522. The molecule has 1 atom stereocenters. The molecule has 1 aromatic carbocycles. The zero-order chi connectivity index (χ0) is 20.2. The number of alkyl halides is 3. The molecule has 6 nitrogen and oxygen atoms in total. The van der Waals surface area contributed by atoms with E-state index >= 15 is 0 Å². The number of hydrogen-bond acceptors (Lipinski definition) is 4. The number of nitrogens with zero attached hydrogens (tertiary/aromatic N) is 2. The van der Waals surface area contributed by atoms with Gasteiger partial charge in [0, 0.05) is 25.0 Å². The van der Waals surface area contributed by atoms with Gasteiger partial charge in [0.25, 0.3) is 11.5 Å². The molecular formula is C18H17F3N2O4. The van der Waals surface area contributed by atoms with Crippen molar-refractivity contribution >= 4 is 17.6 Å². The van der Waals surface area contributed by atoms with Gasteiger partial charge in [-0.2, -0.15) is 13.2 Å². The average Bonchev–Trinajstić information content (AvgIpc) is 2.62. The maximum atomic E-state index is 12.7. The van der Waals surface area contributed by atoms with Gasteiger partial charge in [-0.25, -0.2) is 0 Å². The molecule has 9 heteroatoms. The summed E-state index contributed by atoms with van der Waals surface area (Å²) in [4.78, 5) is 37.2. The third kappa shape index (κ3) is 5.19. The first kappa shape index (κ1) is 20.2. The Morgan fingerprint density at radius 3 is 2.37 bits per heavy atom. The maximum Gasteiger partial charge on any atom is 0.417 e. The number of benzene rings is 1. The normalized spacial score (nSPS) is 12.3. The monoisotopic (exact) mass is 382 g/mol. The number of aromatic nitrogens is 1. The van der Waals surface area contributed by atoms with Crippen LogP contribution in [0.15, 0.2) is 53.5 Å². The van der Waals surface area contributed by atoms with E-state index in [2.05, 4.69) is 0 Å². The zero-order valence-corrected chi connectivity index (χ0v) is 14.6. The summed E-state index contributed by atoms with van der Waals surface area (Å²) in [6.45, 7) is 0.601. The minimum Gasteiger partial charge on any atom is -0.451 e. The van der Waals surface area contributed by atoms with Gasteiger partial charge in [-0.1, -0.05) is 18.2 Å². The second kappa shape index (κ2) is 8.07. The molecule has 1 heterocycles. The number of amides is 1. The number of esters is 1. The summed E-state index contributed by atoms with van der Waals surface area (Å²) < 4.78 is 43.7. The van der Waals surface area contributed by atoms with Crippen LogP contribution in [0.5, 0.6) is 0 Å². The Morgan fingerprint density at radius 2 is 1.78 bits per heavy atom. The molecule has 1 aromatic heterocycles. The molecule has 0 radical (unpaired) electrons. The quantitative estimate of drug-likeness (QED) is 0.745. The van der Waals surface area contributed by atoms with Gasteiger partial charge < -0.3 is 14.2 Å². The summed E-state index contributed by atoms with van der Waals surface area (Å²) in [7, 11) is 1.50. The van der Waals surface area contributed by atoms with Crippen LogP contribution in [-0.2, 0) is 27.0 Å². The molecule has 1 amide bonds. The van der Waals surface area contributed by atoms with Crippen LogP contribution in [0.4, 0.5) is 18.9 Å². The topological polar surface area (TPSA) is 68.6 Å². The molecule has 2 rings (SSSR count). The molecule has 2 aromatic rings. The van der Waals surface area contributed by atoms with Gasteiger partial charge >= 0.3 is 12.1 Å². The highest BCUT2D eigenvalue weighted by Crippen LogP contribution is 2.28. The van der Waals surface area contributed by atoms with Crippen LogP contribution < -0.4 is 10.5 Å². The Morgan fingerprint density at radius 1 is 1.15 bits per heavy atom. The Kier molecular flexibility index (Phi) is 6.04. The van der Waals surface area contributed by atoms with Gasteiger partial charge in [0.2, 0.25) is 0 Å². The van der Waals surface area contributed by atoms with Crippen LogP contribution in [0.1, 0.15) is 12.5 Å². The van der Waals surface area contributed by atoms with E-state index in [1.54, 1.807) is 30.3 Å². The fourth-order valence-electron chi connectivity index (χ4n) is 2.30. The van der Waals surface area contributed by atoms with Crippen molar-refractivity contribution < 1.29 is 27.5 Å². The van der Waals surface area contributed by atoms with E-state index in [4.69, 9.17) is 4.74 Å². The lowest BCUT2D eigenvalue weighted by molar-refractivity contribution is -0.154. The van der Waals surface area contributed by atoms with Crippen molar-refractivity contribution in [1.29, 1.82) is 0 Å². The molecule has 0 saturated heterocycles. The summed E-state index contributed by atoms with van der Waals surface area (Å²) in [5.41, 5.74) is -1.28. The highest BCUT2D eigenvalue weighted by molar-refractivity contribution is 5.96. The highest BCUT2D eigenvalue weighted by atomic mass is 19.4. The molecule has 0 unspecified atom stereocenters. The Labute approximate surface area is 152 Å². The molecule has 0 saturated carbocycles. The maximum absolute atomic E-state index is 12.7. The first-order chi connectivity index (χ1) is 12.6.